The fourth-order valence-corrected chi connectivity index (χ4v) is 5.06. The Balaban J connectivity index is 0.00000120. The van der Waals surface area contributed by atoms with Gasteiger partial charge in [0.15, 0.2) is 0 Å². The number of Topliss-reactive ketones (excluding diaryl/α,β-unsaturated/α-hetero) is 1. The number of carbonyl (C=O) groups excluding carboxylic acids is 1. The number of allylic oxidation sites excluding steroid dienone is 3. The Labute approximate surface area is 182 Å². The summed E-state index contributed by atoms with van der Waals surface area (Å²) in [5.41, 5.74) is 5.42. The molecule has 0 spiro atoms. The number of halogens is 2. The van der Waals surface area contributed by atoms with Gasteiger partial charge in [0.2, 0.25) is 5.78 Å². The van der Waals surface area contributed by atoms with Gasteiger partial charge in [-0.1, -0.05) is 18.2 Å². The zero-order valence-corrected chi connectivity index (χ0v) is 18.1. The highest BCUT2D eigenvalue weighted by atomic mass is 35.5. The number of hydrogen-bond acceptors (Lipinski definition) is 5. The monoisotopic (exact) mass is 435 g/mol. The highest BCUT2D eigenvalue weighted by Gasteiger charge is 2.54. The normalized spacial score (nSPS) is 28.7. The Hall–Kier alpha value is -2.02. The summed E-state index contributed by atoms with van der Waals surface area (Å²) in [6.07, 6.45) is 13.5. The van der Waals surface area contributed by atoms with Crippen molar-refractivity contribution in [3.63, 3.8) is 0 Å². The Morgan fingerprint density at radius 2 is 2.10 bits per heavy atom. The number of aliphatic imine (C=N–C) groups is 1. The smallest absolute Gasteiger partial charge is 0.256 e. The molecule has 5 rings (SSSR count). The van der Waals surface area contributed by atoms with Crippen molar-refractivity contribution >= 4 is 36.9 Å². The van der Waals surface area contributed by atoms with Crippen LogP contribution >= 0.6 is 24.8 Å². The Morgan fingerprint density at radius 3 is 2.86 bits per heavy atom. The Bertz CT molecular complexity index is 942. The molecule has 3 aliphatic heterocycles. The third-order valence-corrected chi connectivity index (χ3v) is 6.16. The number of carbonyl (C=O) groups is 1. The maximum absolute atomic E-state index is 12.6. The molecule has 154 valence electrons. The fraction of sp³-hybridized carbons (Fsp3) is 0.429. The first-order valence-corrected chi connectivity index (χ1v) is 9.48. The van der Waals surface area contributed by atoms with Crippen molar-refractivity contribution in [1.29, 1.82) is 0 Å². The molecule has 3 atom stereocenters. The summed E-state index contributed by atoms with van der Waals surface area (Å²) in [5, 5.41) is 0. The topological polar surface area (TPSA) is 56.0 Å². The lowest BCUT2D eigenvalue weighted by Gasteiger charge is -2.35. The molecule has 3 heterocycles. The van der Waals surface area contributed by atoms with Gasteiger partial charge in [-0.25, -0.2) is 4.99 Å². The third kappa shape index (κ3) is 3.33. The molecule has 0 amide bonds. The molecule has 8 heteroatoms. The lowest BCUT2D eigenvalue weighted by Crippen LogP contribution is -2.43. The lowest BCUT2D eigenvalue weighted by molar-refractivity contribution is -0.486. The Morgan fingerprint density at radius 1 is 1.31 bits per heavy atom. The van der Waals surface area contributed by atoms with Crippen LogP contribution in [0.2, 0.25) is 0 Å². The predicted molar refractivity (Wildman–Crippen MR) is 118 cm³/mol. The van der Waals surface area contributed by atoms with Crippen molar-refractivity contribution in [2.75, 3.05) is 27.2 Å². The summed E-state index contributed by atoms with van der Waals surface area (Å²) in [5.74, 6) is 0.0830. The summed E-state index contributed by atoms with van der Waals surface area (Å²) < 4.78 is 0.897. The van der Waals surface area contributed by atoms with Gasteiger partial charge < -0.3 is 9.80 Å². The van der Waals surface area contributed by atoms with Gasteiger partial charge in [-0.15, -0.1) is 24.8 Å². The van der Waals surface area contributed by atoms with Gasteiger partial charge in [-0.05, 0) is 37.2 Å². The highest BCUT2D eigenvalue weighted by Crippen LogP contribution is 2.51. The molecule has 0 bridgehead atoms. The van der Waals surface area contributed by atoms with Crippen LogP contribution in [0.4, 0.5) is 0 Å². The summed E-state index contributed by atoms with van der Waals surface area (Å²) in [7, 11) is 4.13. The van der Waals surface area contributed by atoms with E-state index in [9.17, 15) is 9.70 Å². The van der Waals surface area contributed by atoms with Gasteiger partial charge in [0.25, 0.3) is 12.2 Å². The van der Waals surface area contributed by atoms with Crippen LogP contribution in [0, 0.1) is 10.8 Å². The van der Waals surface area contributed by atoms with Crippen LogP contribution < -0.4 is 0 Å². The van der Waals surface area contributed by atoms with Gasteiger partial charge in [-0.2, -0.15) is 0 Å². The van der Waals surface area contributed by atoms with E-state index >= 15 is 0 Å². The molecule has 1 saturated heterocycles. The molecule has 0 aromatic rings. The SMILES string of the molecule is CN(C)CCC1=CC2=C(CC(=O)C[N+]2=O)C2C3=CC=CC4=CN=CN(C43)C12.Cl.Cl. The maximum atomic E-state index is 12.6. The first kappa shape index (κ1) is 21.7. The number of nitroso groups, excluding NO2 is 1. The summed E-state index contributed by atoms with van der Waals surface area (Å²) in [4.78, 5) is 33.8. The maximum Gasteiger partial charge on any atom is 0.256 e. The summed E-state index contributed by atoms with van der Waals surface area (Å²) in [6, 6.07) is 0.292. The van der Waals surface area contributed by atoms with E-state index in [4.69, 9.17) is 0 Å². The van der Waals surface area contributed by atoms with Crippen LogP contribution in [0.15, 0.2) is 63.5 Å². The first-order valence-electron chi connectivity index (χ1n) is 9.48. The number of fused-ring (bicyclic) bond motifs is 4. The van der Waals surface area contributed by atoms with Crippen molar-refractivity contribution in [3.05, 3.63) is 63.4 Å². The molecule has 0 aromatic heterocycles. The number of hydrogen-bond donors (Lipinski definition) is 0. The number of rotatable bonds is 3. The number of ketones is 1. The average molecular weight is 436 g/mol. The standard InChI is InChI=1S/C21H23N4O2.2ClH/c1-23(2)7-6-13-8-18-17(9-15(26)11-25(18)27)19-16-5-3-4-14-10-22-12-24(20(14)16)21(13)19;;/h3-5,8,10,12,19-21H,6-7,9,11H2,1-2H3;2*1H/q+1;;. The molecule has 6 nitrogen and oxygen atoms in total. The first-order chi connectivity index (χ1) is 13.0. The third-order valence-electron chi connectivity index (χ3n) is 6.16. The average Bonchev–Trinajstić information content (AvgIpc) is 2.98. The van der Waals surface area contributed by atoms with E-state index in [2.05, 4.69) is 53.2 Å². The van der Waals surface area contributed by atoms with E-state index in [1.54, 1.807) is 0 Å². The highest BCUT2D eigenvalue weighted by molar-refractivity contribution is 5.86. The molecule has 0 N–H and O–H groups in total. The van der Waals surface area contributed by atoms with E-state index in [1.807, 2.05) is 12.5 Å². The van der Waals surface area contributed by atoms with Crippen LogP contribution in [0.25, 0.3) is 0 Å². The van der Waals surface area contributed by atoms with E-state index in [-0.39, 0.29) is 55.1 Å². The minimum atomic E-state index is -0.0353. The second-order valence-corrected chi connectivity index (χ2v) is 8.13. The van der Waals surface area contributed by atoms with Gasteiger partial charge in [0, 0.05) is 46.4 Å². The fourth-order valence-electron chi connectivity index (χ4n) is 5.06. The van der Waals surface area contributed by atoms with Crippen LogP contribution in [-0.4, -0.2) is 66.0 Å². The molecule has 1 fully saturated rings. The van der Waals surface area contributed by atoms with Gasteiger partial charge in [0.1, 0.15) is 0 Å². The molecular weight excluding hydrogens is 411 g/mol. The minimum Gasteiger partial charge on any atom is -0.344 e. The van der Waals surface area contributed by atoms with E-state index < -0.39 is 0 Å². The molecule has 5 aliphatic rings. The minimum absolute atomic E-state index is 0. The van der Waals surface area contributed by atoms with Gasteiger partial charge >= 0.3 is 0 Å². The molecule has 29 heavy (non-hydrogen) atoms. The molecular formula is C21H25Cl2N4O2+. The van der Waals surface area contributed by atoms with Crippen molar-refractivity contribution in [2.24, 2.45) is 10.9 Å². The molecule has 3 unspecified atom stereocenters. The summed E-state index contributed by atoms with van der Waals surface area (Å²) >= 11 is 0. The van der Waals surface area contributed by atoms with Crippen LogP contribution in [0.5, 0.6) is 0 Å². The lowest BCUT2D eigenvalue weighted by atomic mass is 9.74. The summed E-state index contributed by atoms with van der Waals surface area (Å²) in [6.45, 7) is 0.886. The molecule has 0 saturated carbocycles. The zero-order valence-electron chi connectivity index (χ0n) is 16.4. The largest absolute Gasteiger partial charge is 0.344 e. The second kappa shape index (κ2) is 8.01. The van der Waals surface area contributed by atoms with Crippen LogP contribution in [0.3, 0.4) is 0 Å². The molecule has 0 aromatic carbocycles. The molecule has 0 radical (unpaired) electrons. The van der Waals surface area contributed by atoms with Crippen LogP contribution in [0.1, 0.15) is 12.8 Å². The predicted octanol–water partition coefficient (Wildman–Crippen LogP) is 2.82. The van der Waals surface area contributed by atoms with Crippen molar-refractivity contribution in [3.8, 4) is 0 Å². The van der Waals surface area contributed by atoms with E-state index in [0.717, 1.165) is 23.3 Å². The van der Waals surface area contributed by atoms with Crippen molar-refractivity contribution < 1.29 is 9.55 Å². The van der Waals surface area contributed by atoms with Crippen molar-refractivity contribution in [1.82, 2.24) is 9.80 Å². The number of nitrogens with zero attached hydrogens (tertiary/aromatic N) is 4. The van der Waals surface area contributed by atoms with Crippen LogP contribution in [-0.2, 0) is 4.79 Å². The van der Waals surface area contributed by atoms with E-state index in [1.165, 1.54) is 16.7 Å². The zero-order chi connectivity index (χ0) is 18.7. The van der Waals surface area contributed by atoms with Gasteiger partial charge in [0.05, 0.1) is 18.4 Å². The molecule has 2 aliphatic carbocycles. The van der Waals surface area contributed by atoms with E-state index in [0.29, 0.717) is 12.1 Å². The second-order valence-electron chi connectivity index (χ2n) is 8.13. The quantitative estimate of drug-likeness (QED) is 0.639. The van der Waals surface area contributed by atoms with Crippen molar-refractivity contribution in [2.45, 2.75) is 24.9 Å². The van der Waals surface area contributed by atoms with Gasteiger partial charge in [-0.3, -0.25) is 4.79 Å². The Kier molecular flexibility index (Phi) is 5.99.